The average molecular weight is 220 g/mol. The largest absolute Gasteiger partial charge is 0.351 e. The van der Waals surface area contributed by atoms with Crippen LogP contribution in [0.2, 0.25) is 0 Å². The molecule has 2 nitrogen and oxygen atoms in total. The summed E-state index contributed by atoms with van der Waals surface area (Å²) >= 11 is 0. The first-order valence-corrected chi connectivity index (χ1v) is 6.47. The first kappa shape index (κ1) is 11.7. The van der Waals surface area contributed by atoms with Gasteiger partial charge in [0.15, 0.2) is 0 Å². The van der Waals surface area contributed by atoms with Gasteiger partial charge in [0.05, 0.1) is 0 Å². The molecule has 1 heterocycles. The molecule has 2 rings (SSSR count). The molecule has 0 radical (unpaired) electrons. The van der Waals surface area contributed by atoms with E-state index in [1.54, 1.807) is 0 Å². The molecular weight excluding hydrogens is 196 g/mol. The van der Waals surface area contributed by atoms with Crippen LogP contribution in [0.15, 0.2) is 12.3 Å². The highest BCUT2D eigenvalue weighted by Gasteiger charge is 2.23. The normalized spacial score (nSPS) is 20.9. The summed E-state index contributed by atoms with van der Waals surface area (Å²) < 4.78 is 2.43. The maximum Gasteiger partial charge on any atom is 0.0312 e. The standard InChI is InChI=1S/C14H24N2/c1-4-14(2,3)10-16-9-8-11-12(15)6-5-7-13(11)16/h8-9,12H,4-7,10,15H2,1-3H3. The van der Waals surface area contributed by atoms with Gasteiger partial charge in [-0.3, -0.25) is 0 Å². The molecule has 0 saturated heterocycles. The quantitative estimate of drug-likeness (QED) is 0.833. The van der Waals surface area contributed by atoms with E-state index in [-0.39, 0.29) is 6.04 Å². The van der Waals surface area contributed by atoms with E-state index in [1.165, 1.54) is 30.5 Å². The minimum Gasteiger partial charge on any atom is -0.351 e. The monoisotopic (exact) mass is 220 g/mol. The molecule has 0 aliphatic heterocycles. The summed E-state index contributed by atoms with van der Waals surface area (Å²) in [5.74, 6) is 0. The Balaban J connectivity index is 2.23. The zero-order valence-corrected chi connectivity index (χ0v) is 10.8. The highest BCUT2D eigenvalue weighted by molar-refractivity contribution is 5.28. The fourth-order valence-corrected chi connectivity index (χ4v) is 2.51. The summed E-state index contributed by atoms with van der Waals surface area (Å²) in [4.78, 5) is 0. The Morgan fingerprint density at radius 2 is 2.25 bits per heavy atom. The van der Waals surface area contributed by atoms with Crippen LogP contribution < -0.4 is 5.73 Å². The second kappa shape index (κ2) is 4.25. The molecule has 90 valence electrons. The minimum atomic E-state index is 0.273. The van der Waals surface area contributed by atoms with Crippen molar-refractivity contribution < 1.29 is 0 Å². The third kappa shape index (κ3) is 2.17. The second-order valence-corrected chi connectivity index (χ2v) is 5.86. The summed E-state index contributed by atoms with van der Waals surface area (Å²) in [5.41, 5.74) is 9.40. The van der Waals surface area contributed by atoms with Gasteiger partial charge < -0.3 is 10.3 Å². The second-order valence-electron chi connectivity index (χ2n) is 5.86. The summed E-state index contributed by atoms with van der Waals surface area (Å²) in [5, 5.41) is 0. The van der Waals surface area contributed by atoms with Gasteiger partial charge in [0.1, 0.15) is 0 Å². The number of fused-ring (bicyclic) bond motifs is 1. The molecular formula is C14H24N2. The van der Waals surface area contributed by atoms with Crippen LogP contribution in [0.1, 0.15) is 57.3 Å². The molecule has 1 atom stereocenters. The third-order valence-corrected chi connectivity index (χ3v) is 4.00. The van der Waals surface area contributed by atoms with Gasteiger partial charge in [0.2, 0.25) is 0 Å². The van der Waals surface area contributed by atoms with Gasteiger partial charge in [0, 0.05) is 24.5 Å². The van der Waals surface area contributed by atoms with Gasteiger partial charge in [-0.05, 0) is 42.7 Å². The van der Waals surface area contributed by atoms with E-state index in [0.717, 1.165) is 13.0 Å². The number of aromatic nitrogens is 1. The van der Waals surface area contributed by atoms with Crippen molar-refractivity contribution in [2.75, 3.05) is 0 Å². The lowest BCUT2D eigenvalue weighted by atomic mass is 9.89. The summed E-state index contributed by atoms with van der Waals surface area (Å²) in [7, 11) is 0. The maximum atomic E-state index is 6.14. The Kier molecular flexibility index (Phi) is 3.11. The van der Waals surface area contributed by atoms with Crippen molar-refractivity contribution in [2.24, 2.45) is 11.1 Å². The van der Waals surface area contributed by atoms with Gasteiger partial charge >= 0.3 is 0 Å². The Morgan fingerprint density at radius 3 is 2.94 bits per heavy atom. The Morgan fingerprint density at radius 1 is 1.50 bits per heavy atom. The molecule has 1 aliphatic carbocycles. The van der Waals surface area contributed by atoms with E-state index < -0.39 is 0 Å². The van der Waals surface area contributed by atoms with E-state index in [9.17, 15) is 0 Å². The summed E-state index contributed by atoms with van der Waals surface area (Å²) in [6, 6.07) is 2.50. The van der Waals surface area contributed by atoms with E-state index in [1.807, 2.05) is 0 Å². The number of nitrogens with two attached hydrogens (primary N) is 1. The van der Waals surface area contributed by atoms with E-state index in [2.05, 4.69) is 37.6 Å². The number of hydrogen-bond donors (Lipinski definition) is 1. The molecule has 1 unspecified atom stereocenters. The molecule has 0 saturated carbocycles. The van der Waals surface area contributed by atoms with E-state index in [0.29, 0.717) is 5.41 Å². The van der Waals surface area contributed by atoms with Crippen LogP contribution in [0.3, 0.4) is 0 Å². The van der Waals surface area contributed by atoms with Crippen LogP contribution >= 0.6 is 0 Å². The summed E-state index contributed by atoms with van der Waals surface area (Å²) in [6.45, 7) is 8.05. The van der Waals surface area contributed by atoms with Gasteiger partial charge in [-0.1, -0.05) is 20.8 Å². The number of hydrogen-bond acceptors (Lipinski definition) is 1. The molecule has 0 amide bonds. The molecule has 16 heavy (non-hydrogen) atoms. The van der Waals surface area contributed by atoms with Crippen LogP contribution in [0.4, 0.5) is 0 Å². The Labute approximate surface area is 98.8 Å². The third-order valence-electron chi connectivity index (χ3n) is 4.00. The number of nitrogens with zero attached hydrogens (tertiary/aromatic N) is 1. The molecule has 0 spiro atoms. The molecule has 1 aromatic heterocycles. The van der Waals surface area contributed by atoms with Crippen molar-refractivity contribution in [1.29, 1.82) is 0 Å². The minimum absolute atomic E-state index is 0.273. The van der Waals surface area contributed by atoms with Crippen LogP contribution in [0.5, 0.6) is 0 Å². The van der Waals surface area contributed by atoms with Gasteiger partial charge in [-0.2, -0.15) is 0 Å². The lowest BCUT2D eigenvalue weighted by Gasteiger charge is -2.27. The smallest absolute Gasteiger partial charge is 0.0312 e. The fourth-order valence-electron chi connectivity index (χ4n) is 2.51. The average Bonchev–Trinajstić information content (AvgIpc) is 2.63. The molecule has 0 fully saturated rings. The van der Waals surface area contributed by atoms with Gasteiger partial charge in [-0.25, -0.2) is 0 Å². The summed E-state index contributed by atoms with van der Waals surface area (Å²) in [6.07, 6.45) is 7.04. The Bertz CT molecular complexity index is 363. The van der Waals surface area contributed by atoms with Gasteiger partial charge in [0.25, 0.3) is 0 Å². The van der Waals surface area contributed by atoms with Crippen LogP contribution in [0, 0.1) is 5.41 Å². The van der Waals surface area contributed by atoms with Crippen LogP contribution in [0.25, 0.3) is 0 Å². The SMILES string of the molecule is CCC(C)(C)Cn1ccc2c1CCCC2N. The highest BCUT2D eigenvalue weighted by atomic mass is 15.0. The number of rotatable bonds is 3. The van der Waals surface area contributed by atoms with Crippen LogP contribution in [-0.2, 0) is 13.0 Å². The van der Waals surface area contributed by atoms with Crippen molar-refractivity contribution in [2.45, 2.75) is 59.0 Å². The predicted octanol–water partition coefficient (Wildman–Crippen LogP) is 3.26. The van der Waals surface area contributed by atoms with E-state index >= 15 is 0 Å². The van der Waals surface area contributed by atoms with Crippen molar-refractivity contribution in [3.8, 4) is 0 Å². The van der Waals surface area contributed by atoms with Crippen molar-refractivity contribution >= 4 is 0 Å². The molecule has 0 bridgehead atoms. The predicted molar refractivity (Wildman–Crippen MR) is 68.4 cm³/mol. The lowest BCUT2D eigenvalue weighted by molar-refractivity contribution is 0.289. The van der Waals surface area contributed by atoms with Crippen molar-refractivity contribution in [3.05, 3.63) is 23.5 Å². The van der Waals surface area contributed by atoms with Crippen molar-refractivity contribution in [1.82, 2.24) is 4.57 Å². The van der Waals surface area contributed by atoms with Gasteiger partial charge in [-0.15, -0.1) is 0 Å². The molecule has 2 heteroatoms. The molecule has 1 aliphatic rings. The highest BCUT2D eigenvalue weighted by Crippen LogP contribution is 2.31. The topological polar surface area (TPSA) is 30.9 Å². The Hall–Kier alpha value is -0.760. The molecule has 2 N–H and O–H groups in total. The lowest BCUT2D eigenvalue weighted by Crippen LogP contribution is -2.22. The van der Waals surface area contributed by atoms with Crippen molar-refractivity contribution in [3.63, 3.8) is 0 Å². The first-order chi connectivity index (χ1) is 7.53. The maximum absolute atomic E-state index is 6.14. The molecule has 1 aromatic rings. The zero-order valence-electron chi connectivity index (χ0n) is 10.8. The first-order valence-electron chi connectivity index (χ1n) is 6.47. The van der Waals surface area contributed by atoms with E-state index in [4.69, 9.17) is 5.73 Å². The fraction of sp³-hybridized carbons (Fsp3) is 0.714. The molecule has 0 aromatic carbocycles. The van der Waals surface area contributed by atoms with Crippen LogP contribution in [-0.4, -0.2) is 4.57 Å². The zero-order chi connectivity index (χ0) is 11.8.